The van der Waals surface area contributed by atoms with E-state index in [0.29, 0.717) is 16.9 Å². The molecule has 19 heavy (non-hydrogen) atoms. The van der Waals surface area contributed by atoms with Gasteiger partial charge in [0.15, 0.2) is 0 Å². The molecule has 1 amide bonds. The molecule has 0 saturated heterocycles. The van der Waals surface area contributed by atoms with Crippen molar-refractivity contribution in [3.63, 3.8) is 0 Å². The number of carbonyl (C=O) groups excluding carboxylic acids is 1. The highest BCUT2D eigenvalue weighted by Gasteiger charge is 2.06. The van der Waals surface area contributed by atoms with Gasteiger partial charge in [-0.25, -0.2) is 0 Å². The SMILES string of the molecule is O=C(O)Cc1ccc(NC(=O)c2ccccn2)cc1. The Kier molecular flexibility index (Phi) is 3.87. The summed E-state index contributed by atoms with van der Waals surface area (Å²) in [6.07, 6.45) is 1.51. The van der Waals surface area contributed by atoms with Crippen LogP contribution in [0.15, 0.2) is 48.7 Å². The van der Waals surface area contributed by atoms with Crippen molar-refractivity contribution in [3.8, 4) is 0 Å². The number of rotatable bonds is 4. The van der Waals surface area contributed by atoms with Crippen LogP contribution in [0.1, 0.15) is 16.1 Å². The molecule has 5 nitrogen and oxygen atoms in total. The summed E-state index contributed by atoms with van der Waals surface area (Å²) in [5, 5.41) is 11.3. The molecule has 0 spiro atoms. The maximum Gasteiger partial charge on any atom is 0.307 e. The van der Waals surface area contributed by atoms with Crippen molar-refractivity contribution >= 4 is 17.6 Å². The number of anilines is 1. The Hall–Kier alpha value is -2.69. The monoisotopic (exact) mass is 256 g/mol. The number of hydrogen-bond acceptors (Lipinski definition) is 3. The molecule has 96 valence electrons. The zero-order valence-corrected chi connectivity index (χ0v) is 10.0. The van der Waals surface area contributed by atoms with E-state index in [1.807, 2.05) is 0 Å². The molecule has 0 unspecified atom stereocenters. The van der Waals surface area contributed by atoms with Gasteiger partial charge in [0.2, 0.25) is 0 Å². The minimum atomic E-state index is -0.884. The topological polar surface area (TPSA) is 79.3 Å². The van der Waals surface area contributed by atoms with E-state index in [4.69, 9.17) is 5.11 Å². The van der Waals surface area contributed by atoms with E-state index in [1.165, 1.54) is 0 Å². The lowest BCUT2D eigenvalue weighted by atomic mass is 10.1. The van der Waals surface area contributed by atoms with Gasteiger partial charge in [-0.05, 0) is 29.8 Å². The largest absolute Gasteiger partial charge is 0.481 e. The van der Waals surface area contributed by atoms with Crippen molar-refractivity contribution in [2.45, 2.75) is 6.42 Å². The summed E-state index contributed by atoms with van der Waals surface area (Å²) in [6.45, 7) is 0. The first-order valence-electron chi connectivity index (χ1n) is 5.68. The second-order valence-electron chi connectivity index (χ2n) is 3.94. The predicted octanol–water partition coefficient (Wildman–Crippen LogP) is 1.96. The lowest BCUT2D eigenvalue weighted by molar-refractivity contribution is -0.136. The summed E-state index contributed by atoms with van der Waals surface area (Å²) >= 11 is 0. The van der Waals surface area contributed by atoms with Gasteiger partial charge in [0, 0.05) is 11.9 Å². The minimum Gasteiger partial charge on any atom is -0.481 e. The van der Waals surface area contributed by atoms with Crippen LogP contribution in [0, 0.1) is 0 Å². The molecule has 0 bridgehead atoms. The quantitative estimate of drug-likeness (QED) is 0.876. The molecular weight excluding hydrogens is 244 g/mol. The van der Waals surface area contributed by atoms with E-state index < -0.39 is 5.97 Å². The lowest BCUT2D eigenvalue weighted by Gasteiger charge is -2.05. The van der Waals surface area contributed by atoms with Crippen molar-refractivity contribution in [2.24, 2.45) is 0 Å². The standard InChI is InChI=1S/C14H12N2O3/c17-13(18)9-10-4-6-11(7-5-10)16-14(19)12-3-1-2-8-15-12/h1-8H,9H2,(H,16,19)(H,17,18). The Balaban J connectivity index is 2.04. The second kappa shape index (κ2) is 5.77. The Morgan fingerprint density at radius 2 is 1.84 bits per heavy atom. The number of aromatic nitrogens is 1. The highest BCUT2D eigenvalue weighted by molar-refractivity contribution is 6.02. The Bertz CT molecular complexity index is 579. The third kappa shape index (κ3) is 3.64. The van der Waals surface area contributed by atoms with Gasteiger partial charge in [-0.1, -0.05) is 18.2 Å². The van der Waals surface area contributed by atoms with Crippen LogP contribution in [0.2, 0.25) is 0 Å². The van der Waals surface area contributed by atoms with E-state index >= 15 is 0 Å². The van der Waals surface area contributed by atoms with Crippen molar-refractivity contribution in [2.75, 3.05) is 5.32 Å². The van der Waals surface area contributed by atoms with E-state index in [9.17, 15) is 9.59 Å². The molecule has 2 rings (SSSR count). The summed E-state index contributed by atoms with van der Waals surface area (Å²) in [6, 6.07) is 11.8. The number of pyridine rings is 1. The van der Waals surface area contributed by atoms with Crippen LogP contribution in [0.4, 0.5) is 5.69 Å². The summed E-state index contributed by atoms with van der Waals surface area (Å²) < 4.78 is 0. The number of carboxylic acids is 1. The molecule has 1 aromatic heterocycles. The molecular formula is C14H12N2O3. The number of carbonyl (C=O) groups is 2. The van der Waals surface area contributed by atoms with Crippen molar-refractivity contribution in [1.29, 1.82) is 0 Å². The third-order valence-corrected chi connectivity index (χ3v) is 2.46. The predicted molar refractivity (Wildman–Crippen MR) is 70.0 cm³/mol. The molecule has 2 aromatic rings. The van der Waals surface area contributed by atoms with Crippen LogP contribution >= 0.6 is 0 Å². The molecule has 0 fully saturated rings. The summed E-state index contributed by atoms with van der Waals surface area (Å²) in [5.41, 5.74) is 1.62. The van der Waals surface area contributed by atoms with Crippen molar-refractivity contribution in [3.05, 3.63) is 59.9 Å². The highest BCUT2D eigenvalue weighted by atomic mass is 16.4. The van der Waals surface area contributed by atoms with Crippen LogP contribution in [0.3, 0.4) is 0 Å². The van der Waals surface area contributed by atoms with E-state index in [2.05, 4.69) is 10.3 Å². The Labute approximate surface area is 109 Å². The highest BCUT2D eigenvalue weighted by Crippen LogP contribution is 2.11. The van der Waals surface area contributed by atoms with E-state index in [-0.39, 0.29) is 12.3 Å². The Morgan fingerprint density at radius 3 is 2.42 bits per heavy atom. The average Bonchev–Trinajstić information content (AvgIpc) is 2.41. The van der Waals surface area contributed by atoms with Gasteiger partial charge in [0.05, 0.1) is 6.42 Å². The van der Waals surface area contributed by atoms with Crippen molar-refractivity contribution in [1.82, 2.24) is 4.98 Å². The van der Waals surface area contributed by atoms with Crippen molar-refractivity contribution < 1.29 is 14.7 Å². The molecule has 0 aliphatic rings. The van der Waals surface area contributed by atoms with Gasteiger partial charge < -0.3 is 10.4 Å². The number of carboxylic acid groups (broad SMARTS) is 1. The number of benzene rings is 1. The van der Waals surface area contributed by atoms with Crippen LogP contribution in [0.25, 0.3) is 0 Å². The van der Waals surface area contributed by atoms with Crippen LogP contribution in [-0.4, -0.2) is 22.0 Å². The fourth-order valence-electron chi connectivity index (χ4n) is 1.57. The third-order valence-electron chi connectivity index (χ3n) is 2.46. The first-order valence-corrected chi connectivity index (χ1v) is 5.68. The number of aliphatic carboxylic acids is 1. The van der Waals surface area contributed by atoms with Gasteiger partial charge in [0.25, 0.3) is 5.91 Å². The second-order valence-corrected chi connectivity index (χ2v) is 3.94. The fourth-order valence-corrected chi connectivity index (χ4v) is 1.57. The van der Waals surface area contributed by atoms with Crippen LogP contribution in [0.5, 0.6) is 0 Å². The molecule has 0 aliphatic carbocycles. The normalized spacial score (nSPS) is 9.89. The van der Waals surface area contributed by atoms with Crippen LogP contribution in [-0.2, 0) is 11.2 Å². The molecule has 0 aliphatic heterocycles. The maximum absolute atomic E-state index is 11.8. The molecule has 1 heterocycles. The van der Waals surface area contributed by atoms with Gasteiger partial charge in [-0.15, -0.1) is 0 Å². The average molecular weight is 256 g/mol. The van der Waals surface area contributed by atoms with Gasteiger partial charge in [0.1, 0.15) is 5.69 Å². The zero-order chi connectivity index (χ0) is 13.7. The first kappa shape index (κ1) is 12.8. The smallest absolute Gasteiger partial charge is 0.307 e. The maximum atomic E-state index is 11.8. The van der Waals surface area contributed by atoms with Crippen LogP contribution < -0.4 is 5.32 Å². The summed E-state index contributed by atoms with van der Waals surface area (Å²) in [5.74, 6) is -1.18. The zero-order valence-electron chi connectivity index (χ0n) is 10.0. The molecule has 1 aromatic carbocycles. The minimum absolute atomic E-state index is 0.0333. The number of hydrogen-bond donors (Lipinski definition) is 2. The van der Waals surface area contributed by atoms with E-state index in [1.54, 1.807) is 48.7 Å². The number of amides is 1. The van der Waals surface area contributed by atoms with Gasteiger partial charge in [-0.2, -0.15) is 0 Å². The molecule has 0 atom stereocenters. The first-order chi connectivity index (χ1) is 9.15. The summed E-state index contributed by atoms with van der Waals surface area (Å²) in [4.78, 5) is 26.3. The fraction of sp³-hybridized carbons (Fsp3) is 0.0714. The van der Waals surface area contributed by atoms with Gasteiger partial charge >= 0.3 is 5.97 Å². The Morgan fingerprint density at radius 1 is 1.11 bits per heavy atom. The molecule has 5 heteroatoms. The lowest BCUT2D eigenvalue weighted by Crippen LogP contribution is -2.13. The molecule has 0 saturated carbocycles. The molecule has 0 radical (unpaired) electrons. The van der Waals surface area contributed by atoms with E-state index in [0.717, 1.165) is 0 Å². The number of nitrogens with zero attached hydrogens (tertiary/aromatic N) is 1. The van der Waals surface area contributed by atoms with Gasteiger partial charge in [-0.3, -0.25) is 14.6 Å². The molecule has 2 N–H and O–H groups in total. The number of nitrogens with one attached hydrogen (secondary N) is 1. The summed E-state index contributed by atoms with van der Waals surface area (Å²) in [7, 11) is 0.